The van der Waals surface area contributed by atoms with Crippen molar-refractivity contribution in [3.8, 4) is 5.75 Å². The molecule has 3 nitrogen and oxygen atoms in total. The Balaban J connectivity index is 2.16. The van der Waals surface area contributed by atoms with Gasteiger partial charge in [-0.3, -0.25) is 4.79 Å². The number of likely N-dealkylation sites (tertiary alicyclic amines) is 1. The van der Waals surface area contributed by atoms with Crippen molar-refractivity contribution in [3.05, 3.63) is 29.6 Å². The fourth-order valence-corrected chi connectivity index (χ4v) is 2.35. The Hall–Kier alpha value is -1.29. The van der Waals surface area contributed by atoms with E-state index in [4.69, 9.17) is 16.7 Å². The molecule has 5 heteroatoms. The molecule has 0 spiro atoms. The van der Waals surface area contributed by atoms with Crippen molar-refractivity contribution in [1.29, 1.82) is 0 Å². The quantitative estimate of drug-likeness (QED) is 0.798. The van der Waals surface area contributed by atoms with Crippen molar-refractivity contribution < 1.29 is 14.3 Å². The molecule has 1 amide bonds. The molecule has 1 aromatic rings. The van der Waals surface area contributed by atoms with Crippen molar-refractivity contribution in [1.82, 2.24) is 4.90 Å². The lowest BCUT2D eigenvalue weighted by atomic mass is 9.98. The van der Waals surface area contributed by atoms with E-state index >= 15 is 0 Å². The molecule has 0 bridgehead atoms. The van der Waals surface area contributed by atoms with Crippen molar-refractivity contribution in [3.63, 3.8) is 0 Å². The molecule has 2 atom stereocenters. The molecule has 1 fully saturated rings. The molecule has 0 aliphatic carbocycles. The predicted molar refractivity (Wildman–Crippen MR) is 67.4 cm³/mol. The summed E-state index contributed by atoms with van der Waals surface area (Å²) in [6.45, 7) is 3.06. The zero-order valence-corrected chi connectivity index (χ0v) is 10.8. The Morgan fingerprint density at radius 1 is 1.56 bits per heavy atom. The van der Waals surface area contributed by atoms with E-state index < -0.39 is 5.82 Å². The third-order valence-electron chi connectivity index (χ3n) is 3.34. The van der Waals surface area contributed by atoms with E-state index in [-0.39, 0.29) is 22.6 Å². The molecule has 98 valence electrons. The lowest BCUT2D eigenvalue weighted by Crippen LogP contribution is -2.44. The van der Waals surface area contributed by atoms with E-state index in [0.717, 1.165) is 12.5 Å². The van der Waals surface area contributed by atoms with Gasteiger partial charge in [0.25, 0.3) is 5.91 Å². The number of aromatic hydroxyl groups is 1. The van der Waals surface area contributed by atoms with Crippen molar-refractivity contribution in [2.45, 2.75) is 18.7 Å². The van der Waals surface area contributed by atoms with Crippen LogP contribution in [0.2, 0.25) is 0 Å². The highest BCUT2D eigenvalue weighted by Crippen LogP contribution is 2.24. The number of nitrogens with zero attached hydrogens (tertiary/aromatic N) is 1. The molecular weight excluding hydrogens is 257 g/mol. The first-order valence-corrected chi connectivity index (χ1v) is 6.34. The minimum atomic E-state index is -0.704. The minimum Gasteiger partial charge on any atom is -0.508 e. The number of phenolic OH excluding ortho intramolecular Hbond substituents is 1. The smallest absolute Gasteiger partial charge is 0.256 e. The van der Waals surface area contributed by atoms with Crippen LogP contribution in [0.15, 0.2) is 18.2 Å². The van der Waals surface area contributed by atoms with E-state index in [1.165, 1.54) is 12.1 Å². The summed E-state index contributed by atoms with van der Waals surface area (Å²) in [5.41, 5.74) is -0.0220. The highest BCUT2D eigenvalue weighted by Gasteiger charge is 2.29. The Bertz CT molecular complexity index is 466. The summed E-state index contributed by atoms with van der Waals surface area (Å²) in [5, 5.41) is 9.03. The van der Waals surface area contributed by atoms with Gasteiger partial charge in [0, 0.05) is 19.2 Å². The highest BCUT2D eigenvalue weighted by molar-refractivity contribution is 6.21. The average Bonchev–Trinajstić information content (AvgIpc) is 2.32. The topological polar surface area (TPSA) is 40.5 Å². The second-order valence-electron chi connectivity index (χ2n) is 4.70. The summed E-state index contributed by atoms with van der Waals surface area (Å²) >= 11 is 6.13. The van der Waals surface area contributed by atoms with Crippen LogP contribution in [0.25, 0.3) is 0 Å². The first-order chi connectivity index (χ1) is 8.49. The van der Waals surface area contributed by atoms with Crippen LogP contribution in [-0.4, -0.2) is 34.4 Å². The average molecular weight is 272 g/mol. The van der Waals surface area contributed by atoms with Gasteiger partial charge in [-0.1, -0.05) is 6.92 Å². The summed E-state index contributed by atoms with van der Waals surface area (Å²) in [6, 6.07) is 3.55. The molecule has 2 rings (SSSR count). The molecular formula is C13H15ClFNO2. The van der Waals surface area contributed by atoms with Gasteiger partial charge in [-0.2, -0.15) is 0 Å². The summed E-state index contributed by atoms with van der Waals surface area (Å²) < 4.78 is 13.6. The van der Waals surface area contributed by atoms with E-state index in [9.17, 15) is 9.18 Å². The maximum absolute atomic E-state index is 13.6. The molecule has 1 heterocycles. The number of benzene rings is 1. The van der Waals surface area contributed by atoms with Gasteiger partial charge in [0.05, 0.1) is 10.9 Å². The van der Waals surface area contributed by atoms with Gasteiger partial charge in [-0.15, -0.1) is 11.6 Å². The zero-order chi connectivity index (χ0) is 13.3. The normalized spacial score (nSPS) is 24.1. The number of carbonyl (C=O) groups is 1. The first kappa shape index (κ1) is 13.1. The number of rotatable bonds is 1. The summed E-state index contributed by atoms with van der Waals surface area (Å²) in [5.74, 6) is -0.901. The Morgan fingerprint density at radius 3 is 2.89 bits per heavy atom. The van der Waals surface area contributed by atoms with E-state index in [2.05, 4.69) is 0 Å². The van der Waals surface area contributed by atoms with Crippen LogP contribution in [0.1, 0.15) is 23.7 Å². The maximum Gasteiger partial charge on any atom is 0.256 e. The Labute approximate surface area is 110 Å². The van der Waals surface area contributed by atoms with Crippen LogP contribution in [0.4, 0.5) is 4.39 Å². The van der Waals surface area contributed by atoms with Crippen LogP contribution in [0, 0.1) is 11.7 Å². The number of piperidine rings is 1. The maximum atomic E-state index is 13.6. The number of carbonyl (C=O) groups excluding carboxylic acids is 1. The molecule has 0 radical (unpaired) electrons. The molecule has 1 saturated heterocycles. The molecule has 1 aliphatic heterocycles. The lowest BCUT2D eigenvalue weighted by molar-refractivity contribution is 0.0696. The number of alkyl halides is 1. The first-order valence-electron chi connectivity index (χ1n) is 5.91. The predicted octanol–water partition coefficient (Wildman–Crippen LogP) is 2.62. The largest absolute Gasteiger partial charge is 0.508 e. The van der Waals surface area contributed by atoms with Gasteiger partial charge in [-0.25, -0.2) is 4.39 Å². The zero-order valence-electron chi connectivity index (χ0n) is 10.1. The van der Waals surface area contributed by atoms with E-state index in [1.807, 2.05) is 6.92 Å². The number of amides is 1. The standard InChI is InChI=1S/C13H15ClFNO2/c1-8-4-5-16(7-11(8)14)13(18)10-3-2-9(17)6-12(10)15/h2-3,6,8,11,17H,4-5,7H2,1H3. The lowest BCUT2D eigenvalue weighted by Gasteiger charge is -2.34. The van der Waals surface area contributed by atoms with Crippen LogP contribution in [-0.2, 0) is 0 Å². The second kappa shape index (κ2) is 5.14. The van der Waals surface area contributed by atoms with Crippen LogP contribution in [0.5, 0.6) is 5.75 Å². The number of phenols is 1. The summed E-state index contributed by atoms with van der Waals surface area (Å²) in [6.07, 6.45) is 0.819. The monoisotopic (exact) mass is 271 g/mol. The third-order valence-corrected chi connectivity index (χ3v) is 3.91. The van der Waals surface area contributed by atoms with Gasteiger partial charge < -0.3 is 10.0 Å². The van der Waals surface area contributed by atoms with Crippen LogP contribution < -0.4 is 0 Å². The van der Waals surface area contributed by atoms with E-state index in [1.54, 1.807) is 4.90 Å². The van der Waals surface area contributed by atoms with Crippen LogP contribution in [0.3, 0.4) is 0 Å². The molecule has 1 N–H and O–H groups in total. The Morgan fingerprint density at radius 2 is 2.28 bits per heavy atom. The number of halogens is 2. The molecule has 0 saturated carbocycles. The molecule has 0 aromatic heterocycles. The van der Waals surface area contributed by atoms with E-state index in [0.29, 0.717) is 19.0 Å². The fraction of sp³-hybridized carbons (Fsp3) is 0.462. The molecule has 18 heavy (non-hydrogen) atoms. The fourth-order valence-electron chi connectivity index (χ4n) is 2.05. The molecule has 1 aromatic carbocycles. The van der Waals surface area contributed by atoms with Gasteiger partial charge in [0.15, 0.2) is 0 Å². The van der Waals surface area contributed by atoms with Crippen molar-refractivity contribution >= 4 is 17.5 Å². The van der Waals surface area contributed by atoms with Gasteiger partial charge >= 0.3 is 0 Å². The summed E-state index contributed by atoms with van der Waals surface area (Å²) in [4.78, 5) is 13.7. The Kier molecular flexibility index (Phi) is 3.76. The van der Waals surface area contributed by atoms with Crippen molar-refractivity contribution in [2.24, 2.45) is 5.92 Å². The van der Waals surface area contributed by atoms with Crippen molar-refractivity contribution in [2.75, 3.05) is 13.1 Å². The number of hydrogen-bond acceptors (Lipinski definition) is 2. The van der Waals surface area contributed by atoms with Gasteiger partial charge in [-0.05, 0) is 24.5 Å². The SMILES string of the molecule is CC1CCN(C(=O)c2ccc(O)cc2F)CC1Cl. The molecule has 1 aliphatic rings. The minimum absolute atomic E-state index is 0.0220. The highest BCUT2D eigenvalue weighted by atomic mass is 35.5. The summed E-state index contributed by atoms with van der Waals surface area (Å²) in [7, 11) is 0. The molecule has 2 unspecified atom stereocenters. The van der Waals surface area contributed by atoms with Gasteiger partial charge in [0.2, 0.25) is 0 Å². The third kappa shape index (κ3) is 2.58. The van der Waals surface area contributed by atoms with Gasteiger partial charge in [0.1, 0.15) is 11.6 Å². The van der Waals surface area contributed by atoms with Crippen LogP contribution >= 0.6 is 11.6 Å². The number of hydrogen-bond donors (Lipinski definition) is 1. The second-order valence-corrected chi connectivity index (χ2v) is 5.26.